The number of rotatable bonds is 2. The van der Waals surface area contributed by atoms with Crippen molar-refractivity contribution in [3.05, 3.63) is 35.9 Å². The molecular weight excluding hydrogens is 176 g/mol. The van der Waals surface area contributed by atoms with Gasteiger partial charge in [0.15, 0.2) is 5.90 Å². The van der Waals surface area contributed by atoms with Crippen molar-refractivity contribution < 1.29 is 4.74 Å². The number of hydrogen-bond acceptors (Lipinski definition) is 3. The van der Waals surface area contributed by atoms with Gasteiger partial charge >= 0.3 is 0 Å². The van der Waals surface area contributed by atoms with Gasteiger partial charge in [-0.05, 0) is 5.56 Å². The minimum Gasteiger partial charge on any atom is -0.478 e. The van der Waals surface area contributed by atoms with Gasteiger partial charge in [-0.1, -0.05) is 30.3 Å². The van der Waals surface area contributed by atoms with Crippen LogP contribution in [0, 0.1) is 11.3 Å². The average molecular weight is 186 g/mol. The van der Waals surface area contributed by atoms with Gasteiger partial charge in [0.05, 0.1) is 6.07 Å². The second-order valence-electron chi connectivity index (χ2n) is 3.10. The van der Waals surface area contributed by atoms with Gasteiger partial charge in [-0.3, -0.25) is 0 Å². The van der Waals surface area contributed by atoms with Gasteiger partial charge in [0.2, 0.25) is 0 Å². The quantitative estimate of drug-likeness (QED) is 0.709. The van der Waals surface area contributed by atoms with Crippen molar-refractivity contribution in [2.24, 2.45) is 4.99 Å². The first-order valence-corrected chi connectivity index (χ1v) is 4.51. The van der Waals surface area contributed by atoms with Gasteiger partial charge in [0, 0.05) is 0 Å². The Balaban J connectivity index is 2.13. The molecule has 0 radical (unpaired) electrons. The molecule has 0 saturated heterocycles. The Morgan fingerprint density at radius 1 is 1.43 bits per heavy atom. The monoisotopic (exact) mass is 186 g/mol. The van der Waals surface area contributed by atoms with Crippen molar-refractivity contribution in [1.82, 2.24) is 0 Å². The summed E-state index contributed by atoms with van der Waals surface area (Å²) in [4.78, 5) is 4.32. The van der Waals surface area contributed by atoms with E-state index in [0.717, 1.165) is 5.56 Å². The summed E-state index contributed by atoms with van der Waals surface area (Å²) in [7, 11) is 0. The van der Waals surface area contributed by atoms with Gasteiger partial charge < -0.3 is 4.74 Å². The van der Waals surface area contributed by atoms with E-state index >= 15 is 0 Å². The molecule has 0 aromatic heterocycles. The summed E-state index contributed by atoms with van der Waals surface area (Å²) in [6.07, 6.45) is 0.267. The molecule has 3 heteroatoms. The highest BCUT2D eigenvalue weighted by Crippen LogP contribution is 2.22. The molecule has 1 atom stereocenters. The molecule has 1 heterocycles. The van der Waals surface area contributed by atoms with E-state index in [9.17, 15) is 0 Å². The molecular formula is C11H10N2O. The summed E-state index contributed by atoms with van der Waals surface area (Å²) >= 11 is 0. The highest BCUT2D eigenvalue weighted by atomic mass is 16.5. The molecule has 0 N–H and O–H groups in total. The van der Waals surface area contributed by atoms with Crippen LogP contribution in [0.1, 0.15) is 18.0 Å². The third-order valence-electron chi connectivity index (χ3n) is 2.12. The van der Waals surface area contributed by atoms with Crippen molar-refractivity contribution in [1.29, 1.82) is 5.26 Å². The summed E-state index contributed by atoms with van der Waals surface area (Å²) in [6, 6.07) is 12.1. The minimum atomic E-state index is 0.0690. The molecule has 14 heavy (non-hydrogen) atoms. The zero-order valence-corrected chi connectivity index (χ0v) is 7.68. The molecule has 0 amide bonds. The van der Waals surface area contributed by atoms with Crippen molar-refractivity contribution in [2.75, 3.05) is 6.61 Å². The lowest BCUT2D eigenvalue weighted by Crippen LogP contribution is -1.98. The maximum Gasteiger partial charge on any atom is 0.198 e. The molecule has 0 bridgehead atoms. The Hall–Kier alpha value is -1.82. The summed E-state index contributed by atoms with van der Waals surface area (Å²) in [5, 5.41) is 8.47. The Bertz CT molecular complexity index is 378. The lowest BCUT2D eigenvalue weighted by atomic mass is 10.1. The van der Waals surface area contributed by atoms with Crippen LogP contribution in [0.5, 0.6) is 0 Å². The van der Waals surface area contributed by atoms with Crippen LogP contribution in [0.2, 0.25) is 0 Å². The van der Waals surface area contributed by atoms with E-state index in [4.69, 9.17) is 10.00 Å². The van der Waals surface area contributed by atoms with Gasteiger partial charge in [-0.25, -0.2) is 4.99 Å². The molecule has 70 valence electrons. The molecule has 1 aliphatic heterocycles. The van der Waals surface area contributed by atoms with Crippen LogP contribution in [-0.4, -0.2) is 12.5 Å². The largest absolute Gasteiger partial charge is 0.478 e. The number of ether oxygens (including phenoxy) is 1. The van der Waals surface area contributed by atoms with Crippen LogP contribution in [0.15, 0.2) is 35.3 Å². The molecule has 2 rings (SSSR count). The summed E-state index contributed by atoms with van der Waals surface area (Å²) in [5.74, 6) is 0.557. The first-order chi connectivity index (χ1) is 6.90. The second kappa shape index (κ2) is 3.93. The second-order valence-corrected chi connectivity index (χ2v) is 3.10. The number of nitrogens with zero attached hydrogens (tertiary/aromatic N) is 2. The minimum absolute atomic E-state index is 0.0690. The fraction of sp³-hybridized carbons (Fsp3) is 0.273. The number of nitriles is 1. The normalized spacial score (nSPS) is 19.6. The SMILES string of the molecule is N#CCC1=NC(c2ccccc2)CO1. The highest BCUT2D eigenvalue weighted by molar-refractivity contribution is 5.79. The molecule has 0 fully saturated rings. The highest BCUT2D eigenvalue weighted by Gasteiger charge is 2.19. The number of aliphatic imine (C=N–C) groups is 1. The van der Waals surface area contributed by atoms with Crippen LogP contribution in [0.4, 0.5) is 0 Å². The Morgan fingerprint density at radius 2 is 2.21 bits per heavy atom. The lowest BCUT2D eigenvalue weighted by Gasteiger charge is -2.03. The van der Waals surface area contributed by atoms with Gasteiger partial charge in [0.25, 0.3) is 0 Å². The lowest BCUT2D eigenvalue weighted by molar-refractivity contribution is 0.314. The zero-order valence-electron chi connectivity index (χ0n) is 7.68. The zero-order chi connectivity index (χ0) is 9.80. The summed E-state index contributed by atoms with van der Waals surface area (Å²) in [5.41, 5.74) is 1.14. The third-order valence-corrected chi connectivity index (χ3v) is 2.12. The molecule has 1 aliphatic rings. The van der Waals surface area contributed by atoms with E-state index in [1.807, 2.05) is 36.4 Å². The molecule has 0 saturated carbocycles. The number of hydrogen-bond donors (Lipinski definition) is 0. The molecule has 0 spiro atoms. The molecule has 1 aromatic rings. The van der Waals surface area contributed by atoms with Crippen LogP contribution < -0.4 is 0 Å². The first-order valence-electron chi connectivity index (χ1n) is 4.51. The van der Waals surface area contributed by atoms with Crippen molar-refractivity contribution in [3.8, 4) is 6.07 Å². The maximum absolute atomic E-state index is 8.47. The standard InChI is InChI=1S/C11H10N2O/c12-7-6-11-13-10(8-14-11)9-4-2-1-3-5-9/h1-5,10H,6,8H2. The molecule has 3 nitrogen and oxygen atoms in total. The van der Waals surface area contributed by atoms with Crippen molar-refractivity contribution in [3.63, 3.8) is 0 Å². The van der Waals surface area contributed by atoms with Gasteiger partial charge in [-0.15, -0.1) is 0 Å². The van der Waals surface area contributed by atoms with Crippen LogP contribution >= 0.6 is 0 Å². The van der Waals surface area contributed by atoms with E-state index < -0.39 is 0 Å². The van der Waals surface area contributed by atoms with Crippen molar-refractivity contribution in [2.45, 2.75) is 12.5 Å². The average Bonchev–Trinajstić information content (AvgIpc) is 2.68. The van der Waals surface area contributed by atoms with E-state index in [2.05, 4.69) is 4.99 Å². The maximum atomic E-state index is 8.47. The Morgan fingerprint density at radius 3 is 2.93 bits per heavy atom. The smallest absolute Gasteiger partial charge is 0.198 e. The van der Waals surface area contributed by atoms with E-state index in [1.165, 1.54) is 0 Å². The Kier molecular flexibility index (Phi) is 2.46. The first kappa shape index (κ1) is 8.76. The fourth-order valence-electron chi connectivity index (χ4n) is 1.43. The molecule has 1 unspecified atom stereocenters. The summed E-state index contributed by atoms with van der Waals surface area (Å²) in [6.45, 7) is 0.557. The predicted molar refractivity (Wildman–Crippen MR) is 52.8 cm³/mol. The van der Waals surface area contributed by atoms with Crippen LogP contribution in [-0.2, 0) is 4.74 Å². The number of benzene rings is 1. The predicted octanol–water partition coefficient (Wildman–Crippen LogP) is 2.07. The topological polar surface area (TPSA) is 45.4 Å². The van der Waals surface area contributed by atoms with Gasteiger partial charge in [-0.2, -0.15) is 5.26 Å². The van der Waals surface area contributed by atoms with Crippen LogP contribution in [0.3, 0.4) is 0 Å². The van der Waals surface area contributed by atoms with E-state index in [-0.39, 0.29) is 12.5 Å². The molecule has 0 aliphatic carbocycles. The van der Waals surface area contributed by atoms with Crippen molar-refractivity contribution >= 4 is 5.90 Å². The van der Waals surface area contributed by atoms with Gasteiger partial charge in [0.1, 0.15) is 19.1 Å². The van der Waals surface area contributed by atoms with E-state index in [0.29, 0.717) is 12.5 Å². The third kappa shape index (κ3) is 1.74. The summed E-state index contributed by atoms with van der Waals surface area (Å²) < 4.78 is 5.29. The Labute approximate surface area is 82.7 Å². The fourth-order valence-corrected chi connectivity index (χ4v) is 1.43. The van der Waals surface area contributed by atoms with Crippen LogP contribution in [0.25, 0.3) is 0 Å². The molecule has 1 aromatic carbocycles. The van der Waals surface area contributed by atoms with E-state index in [1.54, 1.807) is 0 Å².